The van der Waals surface area contributed by atoms with Gasteiger partial charge in [0.1, 0.15) is 5.75 Å². The molecule has 1 aliphatic heterocycles. The Kier molecular flexibility index (Phi) is 6.73. The molecule has 0 saturated carbocycles. The molecule has 2 aromatic carbocycles. The van der Waals surface area contributed by atoms with Gasteiger partial charge in [0.25, 0.3) is 5.91 Å². The number of carbonyl (C=O) groups is 1. The van der Waals surface area contributed by atoms with Gasteiger partial charge in [-0.05, 0) is 73.8 Å². The van der Waals surface area contributed by atoms with Crippen LogP contribution < -0.4 is 10.1 Å². The quantitative estimate of drug-likeness (QED) is 0.730. The van der Waals surface area contributed by atoms with Gasteiger partial charge in [-0.3, -0.25) is 4.79 Å². The molecule has 160 valence electrons. The Morgan fingerprint density at radius 1 is 1.07 bits per heavy atom. The maximum absolute atomic E-state index is 13.0. The van der Waals surface area contributed by atoms with Crippen LogP contribution in [0, 0.1) is 0 Å². The fourth-order valence-corrected chi connectivity index (χ4v) is 4.76. The van der Waals surface area contributed by atoms with Crippen LogP contribution in [0.2, 0.25) is 0 Å². The van der Waals surface area contributed by atoms with Crippen LogP contribution in [0.15, 0.2) is 48.5 Å². The maximum Gasteiger partial charge on any atom is 0.261 e. The summed E-state index contributed by atoms with van der Waals surface area (Å²) in [5.74, 6) is 0.776. The van der Waals surface area contributed by atoms with Crippen molar-refractivity contribution < 1.29 is 14.3 Å². The van der Waals surface area contributed by atoms with Crippen LogP contribution in [-0.4, -0.2) is 31.8 Å². The van der Waals surface area contributed by atoms with E-state index in [9.17, 15) is 4.79 Å². The second-order valence-corrected chi connectivity index (χ2v) is 8.63. The van der Waals surface area contributed by atoms with Crippen molar-refractivity contribution in [2.24, 2.45) is 0 Å². The van der Waals surface area contributed by atoms with E-state index in [4.69, 9.17) is 9.47 Å². The number of rotatable bonds is 7. The molecule has 4 nitrogen and oxygen atoms in total. The molecule has 0 unspecified atom stereocenters. The average Bonchev–Trinajstić information content (AvgIpc) is 2.82. The summed E-state index contributed by atoms with van der Waals surface area (Å²) in [6.07, 6.45) is 6.76. The molecule has 1 amide bonds. The third-order valence-electron chi connectivity index (χ3n) is 6.70. The van der Waals surface area contributed by atoms with Crippen molar-refractivity contribution in [2.75, 3.05) is 19.8 Å². The molecule has 2 aliphatic rings. The Labute approximate surface area is 180 Å². The van der Waals surface area contributed by atoms with Crippen molar-refractivity contribution in [3.63, 3.8) is 0 Å². The summed E-state index contributed by atoms with van der Waals surface area (Å²) in [6, 6.07) is 16.8. The predicted molar refractivity (Wildman–Crippen MR) is 119 cm³/mol. The summed E-state index contributed by atoms with van der Waals surface area (Å²) in [6.45, 7) is 4.08. The van der Waals surface area contributed by atoms with Crippen molar-refractivity contribution >= 4 is 5.91 Å². The summed E-state index contributed by atoms with van der Waals surface area (Å²) >= 11 is 0. The van der Waals surface area contributed by atoms with E-state index in [0.717, 1.165) is 44.6 Å². The molecular formula is C26H33NO3. The molecule has 1 heterocycles. The second kappa shape index (κ2) is 9.65. The molecule has 1 N–H and O–H groups in total. The first kappa shape index (κ1) is 20.9. The lowest BCUT2D eigenvalue weighted by Gasteiger charge is -2.38. The minimum absolute atomic E-state index is 0.0305. The lowest BCUT2D eigenvalue weighted by molar-refractivity contribution is -0.128. The van der Waals surface area contributed by atoms with E-state index in [1.165, 1.54) is 29.5 Å². The van der Waals surface area contributed by atoms with Crippen molar-refractivity contribution in [1.29, 1.82) is 0 Å². The first-order valence-electron chi connectivity index (χ1n) is 11.4. The molecule has 0 bridgehead atoms. The first-order valence-corrected chi connectivity index (χ1v) is 11.4. The van der Waals surface area contributed by atoms with E-state index < -0.39 is 6.10 Å². The van der Waals surface area contributed by atoms with Crippen molar-refractivity contribution in [3.8, 4) is 5.75 Å². The first-order chi connectivity index (χ1) is 14.7. The van der Waals surface area contributed by atoms with Gasteiger partial charge >= 0.3 is 0 Å². The number of hydrogen-bond acceptors (Lipinski definition) is 3. The zero-order valence-electron chi connectivity index (χ0n) is 18.0. The molecule has 4 heteroatoms. The number of carbonyl (C=O) groups excluding carboxylic acids is 1. The minimum Gasteiger partial charge on any atom is -0.481 e. The van der Waals surface area contributed by atoms with Crippen molar-refractivity contribution in [1.82, 2.24) is 5.32 Å². The molecule has 0 aromatic heterocycles. The maximum atomic E-state index is 13.0. The zero-order valence-corrected chi connectivity index (χ0v) is 18.0. The third-order valence-corrected chi connectivity index (χ3v) is 6.70. The number of hydrogen-bond donors (Lipinski definition) is 1. The van der Waals surface area contributed by atoms with Crippen LogP contribution in [-0.2, 0) is 27.8 Å². The van der Waals surface area contributed by atoms with Crippen LogP contribution in [0.4, 0.5) is 0 Å². The van der Waals surface area contributed by atoms with E-state index in [2.05, 4.69) is 41.7 Å². The van der Waals surface area contributed by atoms with Gasteiger partial charge in [0.15, 0.2) is 6.10 Å². The number of fused-ring (bicyclic) bond motifs is 1. The van der Waals surface area contributed by atoms with E-state index in [1.54, 1.807) is 0 Å². The molecule has 1 fully saturated rings. The number of aryl methyl sites for hydroxylation is 2. The standard InChI is InChI=1S/C26H33NO3/c1-2-24(30-23-13-12-20-8-6-7-9-21(20)18-23)25(28)27-19-26(14-16-29-17-15-26)22-10-4-3-5-11-22/h3-5,10-13,18,24H,2,6-9,14-17,19H2,1H3,(H,27,28)/t24-/m1/s1. The second-order valence-electron chi connectivity index (χ2n) is 8.63. The molecule has 1 atom stereocenters. The van der Waals surface area contributed by atoms with Crippen molar-refractivity contribution in [3.05, 3.63) is 65.2 Å². The van der Waals surface area contributed by atoms with Gasteiger partial charge in [-0.2, -0.15) is 0 Å². The SMILES string of the molecule is CC[C@@H](Oc1ccc2c(c1)CCCC2)C(=O)NCC1(c2ccccc2)CCOCC1. The van der Waals surface area contributed by atoms with Gasteiger partial charge in [0.2, 0.25) is 0 Å². The molecule has 0 radical (unpaired) electrons. The van der Waals surface area contributed by atoms with Gasteiger partial charge in [-0.25, -0.2) is 0 Å². The van der Waals surface area contributed by atoms with E-state index in [-0.39, 0.29) is 11.3 Å². The molecule has 2 aromatic rings. The van der Waals surface area contributed by atoms with Crippen LogP contribution in [0.1, 0.15) is 55.7 Å². The van der Waals surface area contributed by atoms with E-state index in [1.807, 2.05) is 19.1 Å². The summed E-state index contributed by atoms with van der Waals surface area (Å²) in [7, 11) is 0. The van der Waals surface area contributed by atoms with Crippen LogP contribution >= 0.6 is 0 Å². The summed E-state index contributed by atoms with van der Waals surface area (Å²) in [4.78, 5) is 13.0. The Morgan fingerprint density at radius 2 is 1.80 bits per heavy atom. The smallest absolute Gasteiger partial charge is 0.261 e. The van der Waals surface area contributed by atoms with E-state index in [0.29, 0.717) is 13.0 Å². The monoisotopic (exact) mass is 407 g/mol. The number of benzene rings is 2. The largest absolute Gasteiger partial charge is 0.481 e. The average molecular weight is 408 g/mol. The topological polar surface area (TPSA) is 47.6 Å². The fraction of sp³-hybridized carbons (Fsp3) is 0.500. The van der Waals surface area contributed by atoms with Crippen LogP contribution in [0.3, 0.4) is 0 Å². The highest BCUT2D eigenvalue weighted by Gasteiger charge is 2.35. The Hall–Kier alpha value is -2.33. The number of nitrogens with one attached hydrogen (secondary N) is 1. The molecule has 30 heavy (non-hydrogen) atoms. The lowest BCUT2D eigenvalue weighted by atomic mass is 9.74. The molecule has 0 spiro atoms. The van der Waals surface area contributed by atoms with Gasteiger partial charge in [0, 0.05) is 25.2 Å². The van der Waals surface area contributed by atoms with Crippen LogP contribution in [0.25, 0.3) is 0 Å². The summed E-state index contributed by atoms with van der Waals surface area (Å²) in [5.41, 5.74) is 4.01. The van der Waals surface area contributed by atoms with Gasteiger partial charge in [-0.15, -0.1) is 0 Å². The van der Waals surface area contributed by atoms with Crippen molar-refractivity contribution in [2.45, 2.75) is 63.4 Å². The Balaban J connectivity index is 1.42. The minimum atomic E-state index is -0.473. The van der Waals surface area contributed by atoms with Gasteiger partial charge in [-0.1, -0.05) is 43.3 Å². The highest BCUT2D eigenvalue weighted by Crippen LogP contribution is 2.34. The summed E-state index contributed by atoms with van der Waals surface area (Å²) in [5, 5.41) is 3.21. The van der Waals surface area contributed by atoms with E-state index >= 15 is 0 Å². The predicted octanol–water partition coefficient (Wildman–Crippen LogP) is 4.59. The molecule has 1 saturated heterocycles. The molecule has 4 rings (SSSR count). The zero-order chi connectivity index (χ0) is 20.8. The van der Waals surface area contributed by atoms with Gasteiger partial charge in [0.05, 0.1) is 0 Å². The molecule has 1 aliphatic carbocycles. The lowest BCUT2D eigenvalue weighted by Crippen LogP contribution is -2.48. The highest BCUT2D eigenvalue weighted by molar-refractivity contribution is 5.81. The highest BCUT2D eigenvalue weighted by atomic mass is 16.5. The molecular weight excluding hydrogens is 374 g/mol. The number of ether oxygens (including phenoxy) is 2. The normalized spacial score (nSPS) is 18.8. The third kappa shape index (κ3) is 4.70. The van der Waals surface area contributed by atoms with Gasteiger partial charge < -0.3 is 14.8 Å². The Bertz CT molecular complexity index is 843. The fourth-order valence-electron chi connectivity index (χ4n) is 4.76. The summed E-state index contributed by atoms with van der Waals surface area (Å²) < 4.78 is 11.7. The number of amides is 1. The van der Waals surface area contributed by atoms with Crippen LogP contribution in [0.5, 0.6) is 5.75 Å². The Morgan fingerprint density at radius 3 is 2.53 bits per heavy atom.